The maximum atomic E-state index is 12.1. The van der Waals surface area contributed by atoms with Gasteiger partial charge in [-0.3, -0.25) is 0 Å². The molecule has 1 aliphatic heterocycles. The van der Waals surface area contributed by atoms with Gasteiger partial charge in [0.1, 0.15) is 10.6 Å². The van der Waals surface area contributed by atoms with Crippen LogP contribution in [-0.2, 0) is 11.3 Å². The minimum atomic E-state index is -0.424. The molecule has 0 unspecified atom stereocenters. The van der Waals surface area contributed by atoms with Gasteiger partial charge < -0.3 is 15.0 Å². The van der Waals surface area contributed by atoms with Gasteiger partial charge in [0.15, 0.2) is 0 Å². The van der Waals surface area contributed by atoms with Crippen LogP contribution in [0.3, 0.4) is 0 Å². The molecule has 0 saturated carbocycles. The Morgan fingerprint density at radius 3 is 2.72 bits per heavy atom. The molecule has 0 bridgehead atoms. The lowest BCUT2D eigenvalue weighted by Crippen LogP contribution is -2.43. The molecule has 1 N–H and O–H groups in total. The second-order valence-electron chi connectivity index (χ2n) is 7.62. The summed E-state index contributed by atoms with van der Waals surface area (Å²) < 4.78 is 6.69. The van der Waals surface area contributed by atoms with E-state index in [9.17, 15) is 4.79 Å². The summed E-state index contributed by atoms with van der Waals surface area (Å²) in [6.45, 7) is 9.06. The standard InChI is InChI=1S/C19H27N3O2S/c1-19(2,3)24-18(23)22-10-8-14(9-11-22)12-20-13-17-21-15-6-4-5-7-16(15)25-17/h4-7,14,20H,8-13H2,1-3H3. The van der Waals surface area contributed by atoms with Crippen LogP contribution in [0.25, 0.3) is 10.2 Å². The van der Waals surface area contributed by atoms with E-state index in [0.717, 1.165) is 49.5 Å². The fraction of sp³-hybridized carbons (Fsp3) is 0.579. The number of nitrogens with zero attached hydrogens (tertiary/aromatic N) is 2. The van der Waals surface area contributed by atoms with Crippen molar-refractivity contribution < 1.29 is 9.53 Å². The predicted molar refractivity (Wildman–Crippen MR) is 102 cm³/mol. The highest BCUT2D eigenvalue weighted by molar-refractivity contribution is 7.18. The number of nitrogens with one attached hydrogen (secondary N) is 1. The van der Waals surface area contributed by atoms with Crippen molar-refractivity contribution in [2.24, 2.45) is 5.92 Å². The lowest BCUT2D eigenvalue weighted by atomic mass is 9.97. The lowest BCUT2D eigenvalue weighted by molar-refractivity contribution is 0.0184. The summed E-state index contributed by atoms with van der Waals surface area (Å²) in [5.41, 5.74) is 0.655. The molecule has 1 saturated heterocycles. The van der Waals surface area contributed by atoms with Crippen LogP contribution >= 0.6 is 11.3 Å². The van der Waals surface area contributed by atoms with Crippen molar-refractivity contribution in [2.75, 3.05) is 19.6 Å². The van der Waals surface area contributed by atoms with Crippen LogP contribution in [0.2, 0.25) is 0 Å². The van der Waals surface area contributed by atoms with Crippen LogP contribution in [0.1, 0.15) is 38.6 Å². The Morgan fingerprint density at radius 1 is 1.32 bits per heavy atom. The van der Waals surface area contributed by atoms with Gasteiger partial charge in [-0.05, 0) is 58.2 Å². The van der Waals surface area contributed by atoms with Crippen molar-refractivity contribution >= 4 is 27.6 Å². The average molecular weight is 362 g/mol. The molecule has 3 rings (SSSR count). The normalized spacial score (nSPS) is 16.4. The molecule has 0 radical (unpaired) electrons. The first-order valence-corrected chi connectivity index (χ1v) is 9.75. The number of benzene rings is 1. The van der Waals surface area contributed by atoms with Gasteiger partial charge in [0.2, 0.25) is 0 Å². The Hall–Kier alpha value is -1.66. The minimum absolute atomic E-state index is 0.187. The number of para-hydroxylation sites is 1. The van der Waals surface area contributed by atoms with E-state index in [-0.39, 0.29) is 6.09 Å². The summed E-state index contributed by atoms with van der Waals surface area (Å²) in [6.07, 6.45) is 1.85. The SMILES string of the molecule is CC(C)(C)OC(=O)N1CCC(CNCc2nc3ccccc3s2)CC1. The van der Waals surface area contributed by atoms with Crippen molar-refractivity contribution in [2.45, 2.75) is 45.8 Å². The Balaban J connectivity index is 1.40. The van der Waals surface area contributed by atoms with Gasteiger partial charge >= 0.3 is 6.09 Å². The molecule has 5 nitrogen and oxygen atoms in total. The van der Waals surface area contributed by atoms with E-state index in [1.54, 1.807) is 11.3 Å². The molecule has 1 aliphatic rings. The summed E-state index contributed by atoms with van der Waals surface area (Å²) in [5.74, 6) is 0.605. The molecule has 1 aromatic carbocycles. The molecule has 136 valence electrons. The molecule has 0 atom stereocenters. The molecule has 25 heavy (non-hydrogen) atoms. The quantitative estimate of drug-likeness (QED) is 0.893. The van der Waals surface area contributed by atoms with Crippen LogP contribution < -0.4 is 5.32 Å². The van der Waals surface area contributed by atoms with Crippen LogP contribution in [0.15, 0.2) is 24.3 Å². The summed E-state index contributed by atoms with van der Waals surface area (Å²) >= 11 is 1.75. The molecule has 1 fully saturated rings. The minimum Gasteiger partial charge on any atom is -0.444 e. The van der Waals surface area contributed by atoms with Crippen molar-refractivity contribution in [3.05, 3.63) is 29.3 Å². The van der Waals surface area contributed by atoms with Crippen molar-refractivity contribution in [1.82, 2.24) is 15.2 Å². The third-order valence-electron chi connectivity index (χ3n) is 4.31. The number of carbonyl (C=O) groups is 1. The van der Waals surface area contributed by atoms with E-state index < -0.39 is 5.60 Å². The Labute approximate surface area is 153 Å². The van der Waals surface area contributed by atoms with Crippen molar-refractivity contribution in [3.63, 3.8) is 0 Å². The van der Waals surface area contributed by atoms with Gasteiger partial charge in [0.25, 0.3) is 0 Å². The zero-order valence-electron chi connectivity index (χ0n) is 15.2. The van der Waals surface area contributed by atoms with Gasteiger partial charge in [0, 0.05) is 19.6 Å². The van der Waals surface area contributed by atoms with E-state index in [2.05, 4.69) is 28.5 Å². The topological polar surface area (TPSA) is 54.5 Å². The third kappa shape index (κ3) is 5.16. The Kier molecular flexibility index (Phi) is 5.59. The number of aromatic nitrogens is 1. The van der Waals surface area contributed by atoms with Crippen LogP contribution in [0, 0.1) is 5.92 Å². The van der Waals surface area contributed by atoms with Gasteiger partial charge in [-0.2, -0.15) is 0 Å². The maximum Gasteiger partial charge on any atom is 0.410 e. The molecular weight excluding hydrogens is 334 g/mol. The summed E-state index contributed by atoms with van der Waals surface area (Å²) in [5, 5.41) is 4.66. The number of carbonyl (C=O) groups excluding carboxylic acids is 1. The number of fused-ring (bicyclic) bond motifs is 1. The largest absolute Gasteiger partial charge is 0.444 e. The summed E-state index contributed by atoms with van der Waals surface area (Å²) in [4.78, 5) is 18.6. The summed E-state index contributed by atoms with van der Waals surface area (Å²) in [7, 11) is 0. The number of hydrogen-bond acceptors (Lipinski definition) is 5. The molecule has 0 aliphatic carbocycles. The number of likely N-dealkylation sites (tertiary alicyclic amines) is 1. The number of ether oxygens (including phenoxy) is 1. The number of rotatable bonds is 4. The number of hydrogen-bond donors (Lipinski definition) is 1. The van der Waals surface area contributed by atoms with E-state index in [0.29, 0.717) is 5.92 Å². The number of amides is 1. The fourth-order valence-electron chi connectivity index (χ4n) is 3.02. The fourth-order valence-corrected chi connectivity index (χ4v) is 3.96. The van der Waals surface area contributed by atoms with Gasteiger partial charge in [0.05, 0.1) is 10.2 Å². The molecule has 2 heterocycles. The smallest absolute Gasteiger partial charge is 0.410 e. The molecule has 2 aromatic rings. The van der Waals surface area contributed by atoms with Crippen LogP contribution in [0.4, 0.5) is 4.79 Å². The lowest BCUT2D eigenvalue weighted by Gasteiger charge is -2.33. The molecular formula is C19H27N3O2S. The Bertz CT molecular complexity index is 682. The monoisotopic (exact) mass is 361 g/mol. The highest BCUT2D eigenvalue weighted by Crippen LogP contribution is 2.22. The third-order valence-corrected chi connectivity index (χ3v) is 5.35. The zero-order valence-corrected chi connectivity index (χ0v) is 16.1. The van der Waals surface area contributed by atoms with E-state index in [1.165, 1.54) is 4.70 Å². The van der Waals surface area contributed by atoms with Crippen LogP contribution in [-0.4, -0.2) is 41.2 Å². The summed E-state index contributed by atoms with van der Waals surface area (Å²) in [6, 6.07) is 8.25. The predicted octanol–water partition coefficient (Wildman–Crippen LogP) is 4.03. The van der Waals surface area contributed by atoms with Crippen LogP contribution in [0.5, 0.6) is 0 Å². The number of piperidine rings is 1. The first-order chi connectivity index (χ1) is 11.9. The van der Waals surface area contributed by atoms with Gasteiger partial charge in [-0.1, -0.05) is 12.1 Å². The van der Waals surface area contributed by atoms with E-state index >= 15 is 0 Å². The van der Waals surface area contributed by atoms with Gasteiger partial charge in [-0.15, -0.1) is 11.3 Å². The molecule has 1 aromatic heterocycles. The van der Waals surface area contributed by atoms with Crippen molar-refractivity contribution in [1.29, 1.82) is 0 Å². The first-order valence-electron chi connectivity index (χ1n) is 8.94. The Morgan fingerprint density at radius 2 is 2.04 bits per heavy atom. The first kappa shape index (κ1) is 18.1. The van der Waals surface area contributed by atoms with E-state index in [4.69, 9.17) is 4.74 Å². The molecule has 0 spiro atoms. The highest BCUT2D eigenvalue weighted by Gasteiger charge is 2.26. The van der Waals surface area contributed by atoms with Crippen molar-refractivity contribution in [3.8, 4) is 0 Å². The van der Waals surface area contributed by atoms with Gasteiger partial charge in [-0.25, -0.2) is 9.78 Å². The van der Waals surface area contributed by atoms with E-state index in [1.807, 2.05) is 31.7 Å². The average Bonchev–Trinajstić information content (AvgIpc) is 2.96. The second-order valence-corrected chi connectivity index (χ2v) is 8.73. The number of thiazole rings is 1. The molecule has 6 heteroatoms. The maximum absolute atomic E-state index is 12.1. The second kappa shape index (κ2) is 7.70. The zero-order chi connectivity index (χ0) is 17.9. The molecule has 1 amide bonds. The highest BCUT2D eigenvalue weighted by atomic mass is 32.1.